The van der Waals surface area contributed by atoms with Crippen molar-refractivity contribution in [2.45, 2.75) is 30.7 Å². The fourth-order valence-corrected chi connectivity index (χ4v) is 3.78. The van der Waals surface area contributed by atoms with Crippen molar-refractivity contribution in [3.63, 3.8) is 0 Å². The van der Waals surface area contributed by atoms with Crippen LogP contribution in [0.2, 0.25) is 0 Å². The molecule has 1 unspecified atom stereocenters. The normalized spacial score (nSPS) is 22.2. The number of carbonyl (C=O) groups is 1. The van der Waals surface area contributed by atoms with Crippen LogP contribution in [0.1, 0.15) is 20.3 Å². The SMILES string of the molecule is CC(=O)Nc1ccc(S(=O)(=O)NC2(C)CCNC2)c(F)c1. The van der Waals surface area contributed by atoms with Crippen LogP contribution >= 0.6 is 0 Å². The van der Waals surface area contributed by atoms with Crippen molar-refractivity contribution in [2.75, 3.05) is 18.4 Å². The third-order valence-corrected chi connectivity index (χ3v) is 4.96. The molecule has 6 nitrogen and oxygen atoms in total. The number of anilines is 1. The number of nitrogens with one attached hydrogen (secondary N) is 3. The summed E-state index contributed by atoms with van der Waals surface area (Å²) >= 11 is 0. The lowest BCUT2D eigenvalue weighted by Gasteiger charge is -2.24. The van der Waals surface area contributed by atoms with Crippen molar-refractivity contribution in [2.24, 2.45) is 0 Å². The van der Waals surface area contributed by atoms with E-state index in [0.29, 0.717) is 19.5 Å². The highest BCUT2D eigenvalue weighted by Gasteiger charge is 2.34. The Labute approximate surface area is 123 Å². The Morgan fingerprint density at radius 2 is 2.14 bits per heavy atom. The zero-order valence-electron chi connectivity index (χ0n) is 11.9. The van der Waals surface area contributed by atoms with Crippen LogP contribution < -0.4 is 15.4 Å². The predicted octanol–water partition coefficient (Wildman–Crippen LogP) is 0.814. The Kier molecular flexibility index (Phi) is 4.31. The van der Waals surface area contributed by atoms with E-state index in [-0.39, 0.29) is 11.6 Å². The number of halogens is 1. The fourth-order valence-electron chi connectivity index (χ4n) is 2.28. The topological polar surface area (TPSA) is 87.3 Å². The van der Waals surface area contributed by atoms with Gasteiger partial charge in [-0.1, -0.05) is 0 Å². The van der Waals surface area contributed by atoms with Crippen molar-refractivity contribution >= 4 is 21.6 Å². The van der Waals surface area contributed by atoms with Gasteiger partial charge in [-0.15, -0.1) is 0 Å². The maximum absolute atomic E-state index is 14.0. The molecule has 1 heterocycles. The molecule has 1 aromatic rings. The molecule has 0 radical (unpaired) electrons. The molecule has 116 valence electrons. The zero-order valence-corrected chi connectivity index (χ0v) is 12.7. The lowest BCUT2D eigenvalue weighted by molar-refractivity contribution is -0.114. The van der Waals surface area contributed by atoms with Crippen LogP contribution in [0.15, 0.2) is 23.1 Å². The summed E-state index contributed by atoms with van der Waals surface area (Å²) < 4.78 is 41.1. The molecule has 1 amide bonds. The maximum atomic E-state index is 14.0. The first kappa shape index (κ1) is 15.9. The van der Waals surface area contributed by atoms with E-state index in [0.717, 1.165) is 12.1 Å². The molecule has 1 aliphatic rings. The first-order valence-electron chi connectivity index (χ1n) is 6.54. The van der Waals surface area contributed by atoms with Gasteiger partial charge in [0, 0.05) is 24.7 Å². The van der Waals surface area contributed by atoms with Crippen LogP contribution in [0, 0.1) is 5.82 Å². The van der Waals surface area contributed by atoms with Gasteiger partial charge in [-0.25, -0.2) is 17.5 Å². The average molecular weight is 315 g/mol. The zero-order chi connectivity index (χ0) is 15.7. The van der Waals surface area contributed by atoms with E-state index >= 15 is 0 Å². The Hall–Kier alpha value is -1.51. The van der Waals surface area contributed by atoms with Crippen molar-refractivity contribution in [3.05, 3.63) is 24.0 Å². The molecule has 0 aromatic heterocycles. The molecule has 21 heavy (non-hydrogen) atoms. The Morgan fingerprint density at radius 1 is 1.43 bits per heavy atom. The third kappa shape index (κ3) is 3.78. The molecule has 0 saturated carbocycles. The molecule has 0 bridgehead atoms. The van der Waals surface area contributed by atoms with Gasteiger partial charge in [-0.2, -0.15) is 0 Å². The van der Waals surface area contributed by atoms with E-state index in [9.17, 15) is 17.6 Å². The van der Waals surface area contributed by atoms with E-state index in [2.05, 4.69) is 15.4 Å². The quantitative estimate of drug-likeness (QED) is 0.767. The minimum Gasteiger partial charge on any atom is -0.326 e. The largest absolute Gasteiger partial charge is 0.326 e. The van der Waals surface area contributed by atoms with Crippen LogP contribution in [0.4, 0.5) is 10.1 Å². The summed E-state index contributed by atoms with van der Waals surface area (Å²) in [6.07, 6.45) is 0.637. The second-order valence-electron chi connectivity index (χ2n) is 5.42. The van der Waals surface area contributed by atoms with Gasteiger partial charge in [0.05, 0.1) is 0 Å². The number of rotatable bonds is 4. The number of benzene rings is 1. The number of sulfonamides is 1. The fraction of sp³-hybridized carbons (Fsp3) is 0.462. The summed E-state index contributed by atoms with van der Waals surface area (Å²) in [5.74, 6) is -1.25. The van der Waals surface area contributed by atoms with Crippen molar-refractivity contribution in [3.8, 4) is 0 Å². The van der Waals surface area contributed by atoms with Crippen LogP contribution in [0.3, 0.4) is 0 Å². The monoisotopic (exact) mass is 315 g/mol. The number of hydrogen-bond acceptors (Lipinski definition) is 4. The number of carbonyl (C=O) groups excluding carboxylic acids is 1. The Balaban J connectivity index is 2.26. The highest BCUT2D eigenvalue weighted by atomic mass is 32.2. The van der Waals surface area contributed by atoms with Crippen molar-refractivity contribution < 1.29 is 17.6 Å². The smallest absolute Gasteiger partial charge is 0.244 e. The van der Waals surface area contributed by atoms with Crippen LogP contribution in [0.5, 0.6) is 0 Å². The minimum absolute atomic E-state index is 0.215. The van der Waals surface area contributed by atoms with E-state index in [1.165, 1.54) is 13.0 Å². The Bertz CT molecular complexity index is 655. The molecule has 8 heteroatoms. The lowest BCUT2D eigenvalue weighted by atomic mass is 10.0. The highest BCUT2D eigenvalue weighted by Crippen LogP contribution is 2.22. The van der Waals surface area contributed by atoms with Gasteiger partial charge in [0.25, 0.3) is 0 Å². The maximum Gasteiger partial charge on any atom is 0.244 e. The second-order valence-corrected chi connectivity index (χ2v) is 7.07. The van der Waals surface area contributed by atoms with Gasteiger partial charge in [0.1, 0.15) is 10.7 Å². The molecule has 0 spiro atoms. The molecule has 1 aromatic carbocycles. The van der Waals surface area contributed by atoms with Gasteiger partial charge >= 0.3 is 0 Å². The van der Waals surface area contributed by atoms with Crippen molar-refractivity contribution in [1.29, 1.82) is 0 Å². The molecule has 1 saturated heterocycles. The summed E-state index contributed by atoms with van der Waals surface area (Å²) in [5.41, 5.74) is -0.408. The van der Waals surface area contributed by atoms with E-state index in [4.69, 9.17) is 0 Å². The summed E-state index contributed by atoms with van der Waals surface area (Å²) in [5, 5.41) is 5.46. The first-order valence-corrected chi connectivity index (χ1v) is 8.02. The van der Waals surface area contributed by atoms with Crippen LogP contribution in [-0.2, 0) is 14.8 Å². The average Bonchev–Trinajstić information content (AvgIpc) is 2.73. The van der Waals surface area contributed by atoms with Gasteiger partial charge in [0.2, 0.25) is 15.9 Å². The van der Waals surface area contributed by atoms with E-state index in [1.807, 2.05) is 0 Å². The first-order chi connectivity index (χ1) is 9.72. The molecule has 0 aliphatic carbocycles. The van der Waals surface area contributed by atoms with Gasteiger partial charge in [-0.3, -0.25) is 4.79 Å². The molecule has 1 aliphatic heterocycles. The molecule has 1 fully saturated rings. The second kappa shape index (κ2) is 5.70. The molecule has 2 rings (SSSR count). The van der Waals surface area contributed by atoms with Crippen LogP contribution in [0.25, 0.3) is 0 Å². The van der Waals surface area contributed by atoms with E-state index in [1.54, 1.807) is 6.92 Å². The summed E-state index contributed by atoms with van der Waals surface area (Å²) in [7, 11) is -3.96. The third-order valence-electron chi connectivity index (χ3n) is 3.29. The molecular formula is C13H18FN3O3S. The molecule has 3 N–H and O–H groups in total. The van der Waals surface area contributed by atoms with Gasteiger partial charge in [0.15, 0.2) is 0 Å². The number of amides is 1. The predicted molar refractivity (Wildman–Crippen MR) is 76.9 cm³/mol. The lowest BCUT2D eigenvalue weighted by Crippen LogP contribution is -2.47. The summed E-state index contributed by atoms with van der Waals surface area (Å²) in [6, 6.07) is 3.49. The number of hydrogen-bond donors (Lipinski definition) is 3. The standard InChI is InChI=1S/C13H18FN3O3S/c1-9(18)16-10-3-4-12(11(14)7-10)21(19,20)17-13(2)5-6-15-8-13/h3-4,7,15,17H,5-6,8H2,1-2H3,(H,16,18). The highest BCUT2D eigenvalue weighted by molar-refractivity contribution is 7.89. The van der Waals surface area contributed by atoms with Gasteiger partial charge < -0.3 is 10.6 Å². The van der Waals surface area contributed by atoms with Crippen molar-refractivity contribution in [1.82, 2.24) is 10.0 Å². The summed E-state index contributed by atoms with van der Waals surface area (Å²) in [6.45, 7) is 4.27. The van der Waals surface area contributed by atoms with Crippen LogP contribution in [-0.4, -0.2) is 33.0 Å². The Morgan fingerprint density at radius 3 is 2.67 bits per heavy atom. The van der Waals surface area contributed by atoms with Gasteiger partial charge in [-0.05, 0) is 38.1 Å². The summed E-state index contributed by atoms with van der Waals surface area (Å²) in [4.78, 5) is 10.5. The molecule has 1 atom stereocenters. The minimum atomic E-state index is -3.96. The molecular weight excluding hydrogens is 297 g/mol. The van der Waals surface area contributed by atoms with E-state index < -0.39 is 26.3 Å².